The van der Waals surface area contributed by atoms with Crippen molar-refractivity contribution in [3.63, 3.8) is 0 Å². The second kappa shape index (κ2) is 9.56. The molecule has 0 aromatic heterocycles. The molecule has 1 aromatic rings. The second-order valence-electron chi connectivity index (χ2n) is 6.78. The van der Waals surface area contributed by atoms with Gasteiger partial charge in [-0.3, -0.25) is 9.59 Å². The van der Waals surface area contributed by atoms with Gasteiger partial charge in [-0.25, -0.2) is 0 Å². The molecule has 1 saturated heterocycles. The molecule has 0 spiro atoms. The first-order valence-corrected chi connectivity index (χ1v) is 9.29. The van der Waals surface area contributed by atoms with Gasteiger partial charge in [0.1, 0.15) is 0 Å². The average Bonchev–Trinajstić information content (AvgIpc) is 2.62. The van der Waals surface area contributed by atoms with Gasteiger partial charge in [0.05, 0.1) is 12.6 Å². The quantitative estimate of drug-likeness (QED) is 0.787. The Labute approximate surface area is 150 Å². The SMILES string of the molecule is CC[C@@H](CO)N(Cc1ccccc1C)C(=O)CCN1CCCCC1=O. The molecule has 0 aliphatic carbocycles. The van der Waals surface area contributed by atoms with Gasteiger partial charge in [-0.1, -0.05) is 31.2 Å². The molecule has 1 aliphatic heterocycles. The third-order valence-corrected chi connectivity index (χ3v) is 5.06. The zero-order chi connectivity index (χ0) is 18.2. The Morgan fingerprint density at radius 2 is 2.08 bits per heavy atom. The first-order chi connectivity index (χ1) is 12.1. The summed E-state index contributed by atoms with van der Waals surface area (Å²) in [7, 11) is 0. The predicted molar refractivity (Wildman–Crippen MR) is 97.9 cm³/mol. The van der Waals surface area contributed by atoms with Gasteiger partial charge in [-0.05, 0) is 37.3 Å². The van der Waals surface area contributed by atoms with Crippen LogP contribution in [0.1, 0.15) is 50.2 Å². The van der Waals surface area contributed by atoms with Crippen molar-refractivity contribution in [2.24, 2.45) is 0 Å². The van der Waals surface area contributed by atoms with Crippen molar-refractivity contribution in [3.05, 3.63) is 35.4 Å². The summed E-state index contributed by atoms with van der Waals surface area (Å²) >= 11 is 0. The number of hydrogen-bond donors (Lipinski definition) is 1. The predicted octanol–water partition coefficient (Wildman–Crippen LogP) is 2.50. The number of aliphatic hydroxyl groups excluding tert-OH is 1. The van der Waals surface area contributed by atoms with E-state index in [1.54, 1.807) is 9.80 Å². The van der Waals surface area contributed by atoms with E-state index in [1.807, 2.05) is 38.1 Å². The minimum atomic E-state index is -0.191. The number of carbonyl (C=O) groups excluding carboxylic acids is 2. The Hall–Kier alpha value is -1.88. The second-order valence-corrected chi connectivity index (χ2v) is 6.78. The molecule has 2 rings (SSSR count). The third kappa shape index (κ3) is 5.30. The van der Waals surface area contributed by atoms with E-state index in [2.05, 4.69) is 0 Å². The number of likely N-dealkylation sites (tertiary alicyclic amines) is 1. The Morgan fingerprint density at radius 1 is 1.32 bits per heavy atom. The average molecular weight is 346 g/mol. The van der Waals surface area contributed by atoms with Crippen molar-refractivity contribution in [2.75, 3.05) is 19.7 Å². The first-order valence-electron chi connectivity index (χ1n) is 9.29. The van der Waals surface area contributed by atoms with E-state index in [1.165, 1.54) is 0 Å². The first kappa shape index (κ1) is 19.4. The number of amides is 2. The molecule has 0 radical (unpaired) electrons. The van der Waals surface area contributed by atoms with Crippen LogP contribution in [0, 0.1) is 6.92 Å². The molecule has 1 fully saturated rings. The van der Waals surface area contributed by atoms with Crippen molar-refractivity contribution in [1.82, 2.24) is 9.80 Å². The highest BCUT2D eigenvalue weighted by atomic mass is 16.3. The van der Waals surface area contributed by atoms with E-state index >= 15 is 0 Å². The molecule has 0 unspecified atom stereocenters. The van der Waals surface area contributed by atoms with Crippen LogP contribution in [0.15, 0.2) is 24.3 Å². The highest BCUT2D eigenvalue weighted by Gasteiger charge is 2.24. The van der Waals surface area contributed by atoms with E-state index < -0.39 is 0 Å². The minimum Gasteiger partial charge on any atom is -0.394 e. The molecule has 1 aliphatic rings. The largest absolute Gasteiger partial charge is 0.394 e. The number of rotatable bonds is 8. The van der Waals surface area contributed by atoms with Crippen LogP contribution in [0.2, 0.25) is 0 Å². The zero-order valence-corrected chi connectivity index (χ0v) is 15.4. The highest BCUT2D eigenvalue weighted by molar-refractivity contribution is 5.79. The van der Waals surface area contributed by atoms with Gasteiger partial charge in [0.25, 0.3) is 0 Å². The van der Waals surface area contributed by atoms with E-state index in [4.69, 9.17) is 0 Å². The number of benzene rings is 1. The number of piperidine rings is 1. The Balaban J connectivity index is 2.04. The van der Waals surface area contributed by atoms with Crippen LogP contribution in [-0.2, 0) is 16.1 Å². The molecule has 1 N–H and O–H groups in total. The number of hydrogen-bond acceptors (Lipinski definition) is 3. The van der Waals surface area contributed by atoms with Crippen molar-refractivity contribution in [1.29, 1.82) is 0 Å². The molecule has 0 saturated carbocycles. The molecule has 1 aromatic carbocycles. The van der Waals surface area contributed by atoms with Crippen molar-refractivity contribution in [2.45, 2.75) is 58.5 Å². The summed E-state index contributed by atoms with van der Waals surface area (Å²) in [5.74, 6) is 0.154. The van der Waals surface area contributed by atoms with Gasteiger partial charge in [0.2, 0.25) is 11.8 Å². The molecule has 1 heterocycles. The lowest BCUT2D eigenvalue weighted by Gasteiger charge is -2.32. The molecule has 25 heavy (non-hydrogen) atoms. The molecular formula is C20H30N2O3. The van der Waals surface area contributed by atoms with Crippen LogP contribution in [0.5, 0.6) is 0 Å². The summed E-state index contributed by atoms with van der Waals surface area (Å²) in [5.41, 5.74) is 2.23. The smallest absolute Gasteiger partial charge is 0.224 e. The summed E-state index contributed by atoms with van der Waals surface area (Å²) in [5, 5.41) is 9.69. The summed E-state index contributed by atoms with van der Waals surface area (Å²) < 4.78 is 0. The fourth-order valence-electron chi connectivity index (χ4n) is 3.31. The van der Waals surface area contributed by atoms with Crippen molar-refractivity contribution in [3.8, 4) is 0 Å². The molecule has 5 nitrogen and oxygen atoms in total. The molecule has 5 heteroatoms. The Morgan fingerprint density at radius 3 is 2.72 bits per heavy atom. The maximum atomic E-state index is 12.8. The maximum absolute atomic E-state index is 12.8. The monoisotopic (exact) mass is 346 g/mol. The normalized spacial score (nSPS) is 16.0. The summed E-state index contributed by atoms with van der Waals surface area (Å²) in [6.45, 7) is 5.69. The van der Waals surface area contributed by atoms with Crippen LogP contribution < -0.4 is 0 Å². The van der Waals surface area contributed by atoms with Crippen LogP contribution in [0.4, 0.5) is 0 Å². The lowest BCUT2D eigenvalue weighted by atomic mass is 10.1. The summed E-state index contributed by atoms with van der Waals surface area (Å²) in [4.78, 5) is 28.3. The number of carbonyl (C=O) groups is 2. The number of nitrogens with zero attached hydrogens (tertiary/aromatic N) is 2. The molecule has 0 bridgehead atoms. The lowest BCUT2D eigenvalue weighted by molar-refractivity contribution is -0.138. The van der Waals surface area contributed by atoms with Crippen LogP contribution >= 0.6 is 0 Å². The van der Waals surface area contributed by atoms with E-state index in [-0.39, 0.29) is 24.5 Å². The zero-order valence-electron chi connectivity index (χ0n) is 15.4. The van der Waals surface area contributed by atoms with Gasteiger partial charge in [-0.2, -0.15) is 0 Å². The van der Waals surface area contributed by atoms with Gasteiger partial charge < -0.3 is 14.9 Å². The van der Waals surface area contributed by atoms with E-state index in [0.717, 1.165) is 30.5 Å². The Bertz CT molecular complexity index is 584. The molecular weight excluding hydrogens is 316 g/mol. The van der Waals surface area contributed by atoms with Gasteiger partial charge in [-0.15, -0.1) is 0 Å². The fraction of sp³-hybridized carbons (Fsp3) is 0.600. The van der Waals surface area contributed by atoms with Crippen LogP contribution in [-0.4, -0.2) is 52.5 Å². The van der Waals surface area contributed by atoms with Gasteiger partial charge in [0, 0.05) is 32.5 Å². The van der Waals surface area contributed by atoms with Crippen LogP contribution in [0.3, 0.4) is 0 Å². The minimum absolute atomic E-state index is 0.00234. The summed E-state index contributed by atoms with van der Waals surface area (Å²) in [6, 6.07) is 7.82. The topological polar surface area (TPSA) is 60.9 Å². The van der Waals surface area contributed by atoms with Crippen molar-refractivity contribution >= 4 is 11.8 Å². The number of aliphatic hydroxyl groups is 1. The third-order valence-electron chi connectivity index (χ3n) is 5.06. The standard InChI is InChI=1S/C20H30N2O3/c1-3-18(15-23)22(14-17-9-5-4-8-16(17)2)20(25)11-13-21-12-7-6-10-19(21)24/h4-5,8-9,18,23H,3,6-7,10-15H2,1-2H3/t18-/m0/s1. The van der Waals surface area contributed by atoms with Crippen molar-refractivity contribution < 1.29 is 14.7 Å². The Kier molecular flexibility index (Phi) is 7.44. The van der Waals surface area contributed by atoms with E-state index in [9.17, 15) is 14.7 Å². The van der Waals surface area contributed by atoms with Gasteiger partial charge >= 0.3 is 0 Å². The lowest BCUT2D eigenvalue weighted by Crippen LogP contribution is -2.44. The maximum Gasteiger partial charge on any atom is 0.224 e. The summed E-state index contributed by atoms with van der Waals surface area (Å²) in [6.07, 6.45) is 3.58. The van der Waals surface area contributed by atoms with Crippen LogP contribution in [0.25, 0.3) is 0 Å². The molecule has 2 amide bonds. The molecule has 1 atom stereocenters. The highest BCUT2D eigenvalue weighted by Crippen LogP contribution is 2.17. The number of aryl methyl sites for hydroxylation is 1. The van der Waals surface area contributed by atoms with Gasteiger partial charge in [0.15, 0.2) is 0 Å². The molecule has 138 valence electrons. The fourth-order valence-corrected chi connectivity index (χ4v) is 3.31. The van der Waals surface area contributed by atoms with E-state index in [0.29, 0.717) is 32.4 Å².